The number of halogens is 1. The predicted molar refractivity (Wildman–Crippen MR) is 151 cm³/mol. The summed E-state index contributed by atoms with van der Waals surface area (Å²) in [5.74, 6) is -3.81. The van der Waals surface area contributed by atoms with Gasteiger partial charge in [0.1, 0.15) is 5.92 Å². The molecule has 1 N–H and O–H groups in total. The molecule has 0 spiro atoms. The van der Waals surface area contributed by atoms with Crippen LogP contribution < -0.4 is 0 Å². The molecular weight excluding hydrogens is 570 g/mol. The third-order valence-corrected chi connectivity index (χ3v) is 8.26. The lowest BCUT2D eigenvalue weighted by molar-refractivity contribution is -0.133. The van der Waals surface area contributed by atoms with Crippen molar-refractivity contribution in [2.45, 2.75) is 36.2 Å². The Morgan fingerprint density at radius 1 is 0.927 bits per heavy atom. The minimum atomic E-state index is -3.44. The number of benzene rings is 3. The molecule has 0 radical (unpaired) electrons. The Balaban J connectivity index is 0.000000189. The van der Waals surface area contributed by atoms with Crippen LogP contribution in [0.4, 0.5) is 0 Å². The van der Waals surface area contributed by atoms with Gasteiger partial charge in [0.25, 0.3) is 0 Å². The number of nitrogens with zero attached hydrogens (tertiary/aromatic N) is 1. The molecule has 11 heteroatoms. The summed E-state index contributed by atoms with van der Waals surface area (Å²) >= 11 is 5.94. The number of hydrogen-bond acceptors (Lipinski definition) is 8. The molecule has 1 aliphatic carbocycles. The number of aliphatic carboxylic acids is 1. The molecule has 1 heterocycles. The highest BCUT2D eigenvalue weighted by Crippen LogP contribution is 2.41. The lowest BCUT2D eigenvalue weighted by Crippen LogP contribution is -2.35. The van der Waals surface area contributed by atoms with Crippen molar-refractivity contribution in [3.8, 4) is 0 Å². The van der Waals surface area contributed by atoms with E-state index in [0.717, 1.165) is 23.4 Å². The lowest BCUT2D eigenvalue weighted by atomic mass is 9.82. The number of Topliss-reactive ketones (excluding diaryl/α,β-unsaturated/α-hetero) is 3. The Kier molecular flexibility index (Phi) is 8.84. The van der Waals surface area contributed by atoms with E-state index in [4.69, 9.17) is 21.5 Å². The van der Waals surface area contributed by atoms with Gasteiger partial charge in [-0.1, -0.05) is 77.4 Å². The van der Waals surface area contributed by atoms with Gasteiger partial charge in [-0.2, -0.15) is 0 Å². The molecule has 9 nitrogen and oxygen atoms in total. The number of ketones is 3. The lowest BCUT2D eigenvalue weighted by Gasteiger charge is -2.27. The van der Waals surface area contributed by atoms with Gasteiger partial charge >= 0.3 is 5.97 Å². The molecule has 3 aromatic carbocycles. The number of carbonyl (C=O) groups excluding carboxylic acids is 3. The van der Waals surface area contributed by atoms with Crippen LogP contribution in [-0.4, -0.2) is 48.8 Å². The van der Waals surface area contributed by atoms with Crippen LogP contribution in [0.1, 0.15) is 47.2 Å². The van der Waals surface area contributed by atoms with E-state index in [9.17, 15) is 27.6 Å². The van der Waals surface area contributed by atoms with Crippen LogP contribution in [0.15, 0.2) is 88.9 Å². The number of oxime groups is 1. The van der Waals surface area contributed by atoms with Gasteiger partial charge in [0.15, 0.2) is 38.5 Å². The quantitative estimate of drug-likeness (QED) is 0.320. The molecular formula is C30H26ClNO8S. The molecule has 0 atom stereocenters. The smallest absolute Gasteiger partial charge is 0.353 e. The number of carbonyl (C=O) groups is 4. The number of carboxylic acids is 1. The molecule has 41 heavy (non-hydrogen) atoms. The van der Waals surface area contributed by atoms with Crippen LogP contribution in [-0.2, 0) is 34.7 Å². The van der Waals surface area contributed by atoms with Crippen LogP contribution in [0, 0.1) is 5.92 Å². The van der Waals surface area contributed by atoms with Crippen LogP contribution in [0.2, 0.25) is 5.02 Å². The van der Waals surface area contributed by atoms with Gasteiger partial charge in [-0.15, -0.1) is 0 Å². The zero-order chi connectivity index (χ0) is 29.8. The summed E-state index contributed by atoms with van der Waals surface area (Å²) < 4.78 is 22.8. The fraction of sp³-hybridized carbons (Fsp3) is 0.233. The topological polar surface area (TPSA) is 144 Å². The average Bonchev–Trinajstić information content (AvgIpc) is 3.41. The molecule has 212 valence electrons. The van der Waals surface area contributed by atoms with Crippen molar-refractivity contribution in [2.24, 2.45) is 11.1 Å². The molecule has 3 aromatic rings. The monoisotopic (exact) mass is 595 g/mol. The summed E-state index contributed by atoms with van der Waals surface area (Å²) in [7, 11) is -3.44. The third kappa shape index (κ3) is 6.44. The van der Waals surface area contributed by atoms with Crippen molar-refractivity contribution in [2.75, 3.05) is 6.26 Å². The van der Waals surface area contributed by atoms with Gasteiger partial charge in [-0.25, -0.2) is 13.2 Å². The molecule has 5 rings (SSSR count). The average molecular weight is 596 g/mol. The van der Waals surface area contributed by atoms with E-state index >= 15 is 0 Å². The number of carboxylic acid groups (broad SMARTS) is 1. The Bertz CT molecular complexity index is 1580. The molecule has 2 aliphatic rings. The van der Waals surface area contributed by atoms with Crippen LogP contribution in [0.25, 0.3) is 0 Å². The van der Waals surface area contributed by atoms with E-state index in [-0.39, 0.29) is 40.5 Å². The van der Waals surface area contributed by atoms with Crippen molar-refractivity contribution in [1.82, 2.24) is 0 Å². The second kappa shape index (κ2) is 12.2. The molecule has 0 amide bonds. The minimum Gasteiger partial charge on any atom is -0.477 e. The first-order valence-corrected chi connectivity index (χ1v) is 14.9. The standard InChI is InChI=1S/C16H13NO3.C14H13ClO5S/c18-15(19)14-11-16(20-17-14,12-7-3-1-4-8-12)13-9-5-2-6-10-13;1-21(19,20)8-5-6-9(10(15)7-8)14(18)13-11(16)3-2-4-12(13)17/h1-10H,11H2,(H,18,19);5-7,13H,2-4H2,1H3. The second-order valence-corrected chi connectivity index (χ2v) is 12.1. The summed E-state index contributed by atoms with van der Waals surface area (Å²) in [6.07, 6.45) is 2.09. The maximum absolute atomic E-state index is 12.3. The maximum atomic E-state index is 12.3. The molecule has 0 saturated heterocycles. The van der Waals surface area contributed by atoms with Crippen LogP contribution in [0.5, 0.6) is 0 Å². The highest BCUT2D eigenvalue weighted by atomic mass is 35.5. The van der Waals surface area contributed by atoms with Crippen molar-refractivity contribution >= 4 is 50.5 Å². The Hall–Kier alpha value is -4.15. The molecule has 0 aromatic heterocycles. The minimum absolute atomic E-state index is 0.00216. The van der Waals surface area contributed by atoms with Gasteiger partial charge in [0.05, 0.1) is 16.3 Å². The molecule has 0 bridgehead atoms. The SMILES string of the molecule is CS(=O)(=O)c1ccc(C(=O)C2C(=O)CCCC2=O)c(Cl)c1.O=C(O)C1=NOC(c2ccccc2)(c2ccccc2)C1. The highest BCUT2D eigenvalue weighted by molar-refractivity contribution is 7.90. The van der Waals surface area contributed by atoms with Crippen LogP contribution in [0.3, 0.4) is 0 Å². The zero-order valence-corrected chi connectivity index (χ0v) is 23.5. The first kappa shape index (κ1) is 29.8. The number of sulfone groups is 1. The largest absolute Gasteiger partial charge is 0.477 e. The Labute approximate surface area is 241 Å². The predicted octanol–water partition coefficient (Wildman–Crippen LogP) is 4.66. The molecule has 1 aliphatic heterocycles. The van der Waals surface area contributed by atoms with Crippen molar-refractivity contribution in [3.63, 3.8) is 0 Å². The molecule has 1 saturated carbocycles. The van der Waals surface area contributed by atoms with Crippen LogP contribution >= 0.6 is 11.6 Å². The molecule has 1 fully saturated rings. The Morgan fingerprint density at radius 2 is 1.46 bits per heavy atom. The molecule has 0 unspecified atom stereocenters. The fourth-order valence-electron chi connectivity index (χ4n) is 4.72. The van der Waals surface area contributed by atoms with Crippen molar-refractivity contribution in [1.29, 1.82) is 0 Å². The summed E-state index contributed by atoms with van der Waals surface area (Å²) in [5, 5.41) is 12.8. The normalized spacial score (nSPS) is 16.7. The third-order valence-electron chi connectivity index (χ3n) is 6.84. The summed E-state index contributed by atoms with van der Waals surface area (Å²) in [6, 6.07) is 22.8. The zero-order valence-electron chi connectivity index (χ0n) is 21.9. The van der Waals surface area contributed by atoms with E-state index in [1.54, 1.807) is 0 Å². The Morgan fingerprint density at radius 3 is 1.90 bits per heavy atom. The summed E-state index contributed by atoms with van der Waals surface area (Å²) in [5.41, 5.74) is 0.976. The van der Waals surface area contributed by atoms with E-state index in [1.807, 2.05) is 60.7 Å². The number of hydrogen-bond donors (Lipinski definition) is 1. The van der Waals surface area contributed by atoms with Gasteiger partial charge in [0, 0.05) is 35.8 Å². The van der Waals surface area contributed by atoms with E-state index < -0.39 is 44.7 Å². The maximum Gasteiger partial charge on any atom is 0.353 e. The fourth-order valence-corrected chi connectivity index (χ4v) is 5.70. The summed E-state index contributed by atoms with van der Waals surface area (Å²) in [4.78, 5) is 52.6. The second-order valence-electron chi connectivity index (χ2n) is 9.67. The van der Waals surface area contributed by atoms with E-state index in [0.29, 0.717) is 6.42 Å². The van der Waals surface area contributed by atoms with Crippen molar-refractivity contribution in [3.05, 3.63) is 101 Å². The first-order valence-electron chi connectivity index (χ1n) is 12.6. The number of rotatable bonds is 6. The summed E-state index contributed by atoms with van der Waals surface area (Å²) in [6.45, 7) is 0. The van der Waals surface area contributed by atoms with Gasteiger partial charge < -0.3 is 9.94 Å². The highest BCUT2D eigenvalue weighted by Gasteiger charge is 2.44. The van der Waals surface area contributed by atoms with Crippen molar-refractivity contribution < 1.29 is 37.5 Å². The van der Waals surface area contributed by atoms with Gasteiger partial charge in [0.2, 0.25) is 0 Å². The van der Waals surface area contributed by atoms with E-state index in [1.165, 1.54) is 12.1 Å². The van der Waals surface area contributed by atoms with Gasteiger partial charge in [-0.3, -0.25) is 14.4 Å². The van der Waals surface area contributed by atoms with E-state index in [2.05, 4.69) is 5.16 Å². The first-order chi connectivity index (χ1) is 19.4. The van der Waals surface area contributed by atoms with Gasteiger partial charge in [-0.05, 0) is 24.6 Å².